The van der Waals surface area contributed by atoms with Crippen LogP contribution in [-0.4, -0.2) is 0 Å². The minimum absolute atomic E-state index is 0.810. The largest absolute Gasteiger partial charge is 0.0885 e. The second-order valence-corrected chi connectivity index (χ2v) is 32.1. The molecule has 0 spiro atoms. The number of hydrogen-bond acceptors (Lipinski definition) is 0. The predicted octanol–water partition coefficient (Wildman–Crippen LogP) is 38.2. The predicted molar refractivity (Wildman–Crippen MR) is 513 cm³/mol. The lowest BCUT2D eigenvalue weighted by Gasteiger charge is -2.00. The Kier molecular flexibility index (Phi) is 86.0. The average molecular weight is 1520 g/mol. The van der Waals surface area contributed by atoms with Gasteiger partial charge in [0.2, 0.25) is 0 Å². The fourth-order valence-corrected chi connectivity index (χ4v) is 14.1. The average Bonchev–Trinajstić information content (AvgIpc) is 1.73. The Bertz CT molecular complexity index is 2290. The molecule has 0 aromatic carbocycles. The van der Waals surface area contributed by atoms with Gasteiger partial charge < -0.3 is 0 Å². The van der Waals surface area contributed by atoms with E-state index < -0.39 is 0 Å². The van der Waals surface area contributed by atoms with Gasteiger partial charge in [-0.3, -0.25) is 0 Å². The van der Waals surface area contributed by atoms with Gasteiger partial charge in [-0.15, -0.1) is 0 Å². The molecule has 0 aromatic heterocycles. The molecule has 0 nitrogen and oxygen atoms in total. The van der Waals surface area contributed by atoms with E-state index in [2.05, 4.69) is 267 Å². The molecule has 0 saturated heterocycles. The third-order valence-corrected chi connectivity index (χ3v) is 21.3. The lowest BCUT2D eigenvalue weighted by atomic mass is 10.1. The van der Waals surface area contributed by atoms with Crippen LogP contribution >= 0.6 is 0 Å². The quantitative estimate of drug-likeness (QED) is 0.212. The standard InChI is InChI=1S/C16H28.C16H24.C15H24.C14H24.2C12H20.C12H18.C8H12.C7H8/c2*1-2-4-6-8-10-12-14-16-15-13-11-9-7-5-3-1;1-2-4-6-8-10-12-14-15-13-11-9-7-5-3-1;1-2-4-6-8-10-12-14-13-11-9-7-5-3-1;3*1-2-4-6-8-10-12-11-9-7-5-3-1;1-2-4-6-8-7-5-3-1;1-2-7-4-3-6(1)5-7/h1-2,15-16H,3-14H2;1-2,7-10,15-16H,3-6,11-14H2;1-2,9-12H,3-8,13-15H2;1-2,13-14H,3-12H2;1-2,9,11H,3-8,10,12H2;1-2,7,9H,3-6,8,10-12H2;1-2,7-10H,3-6,11-12H2;1-2,7-8H,3-6H2;1-4,6-7H,5H2/b2-1+,16-15?;2-1-,9-7+,10-8?,16-15+;2-1+,11-9+,12-10?;2-1+,14-13?;2-1+,11-9?;2-1+,9-7?;2-1+,9-7+,10-8?;2-1-,8-7?;. The van der Waals surface area contributed by atoms with Crippen molar-refractivity contribution in [3.63, 3.8) is 0 Å². The molecule has 0 saturated carbocycles. The Hall–Kier alpha value is -5.72. The van der Waals surface area contributed by atoms with Crippen molar-refractivity contribution in [2.75, 3.05) is 0 Å². The number of fused-ring (bicyclic) bond motifs is 2. The van der Waals surface area contributed by atoms with Gasteiger partial charge in [0.15, 0.2) is 0 Å². The zero-order chi connectivity index (χ0) is 78.9. The molecule has 0 heterocycles. The van der Waals surface area contributed by atoms with E-state index in [4.69, 9.17) is 0 Å². The molecular weight excluding hydrogens is 1350 g/mol. The summed E-state index contributed by atoms with van der Waals surface area (Å²) in [6.07, 6.45) is 188. The van der Waals surface area contributed by atoms with Gasteiger partial charge in [0.25, 0.3) is 0 Å². The first-order valence-electron chi connectivity index (χ1n) is 48.3. The van der Waals surface area contributed by atoms with E-state index in [1.165, 1.54) is 424 Å². The van der Waals surface area contributed by atoms with Crippen LogP contribution < -0.4 is 0 Å². The van der Waals surface area contributed by atoms with Gasteiger partial charge >= 0.3 is 0 Å². The number of rotatable bonds is 0. The highest BCUT2D eigenvalue weighted by molar-refractivity contribution is 5.21. The Morgan fingerprint density at radius 3 is 0.250 bits per heavy atom. The Morgan fingerprint density at radius 2 is 0.161 bits per heavy atom. The summed E-state index contributed by atoms with van der Waals surface area (Å²) in [5.74, 6) is 1.62. The molecule has 0 aliphatic heterocycles. The van der Waals surface area contributed by atoms with Crippen molar-refractivity contribution >= 4 is 0 Å². The summed E-state index contributed by atoms with van der Waals surface area (Å²) in [5, 5.41) is 0. The summed E-state index contributed by atoms with van der Waals surface area (Å²) in [7, 11) is 0. The van der Waals surface area contributed by atoms with Gasteiger partial charge in [0.1, 0.15) is 0 Å². The van der Waals surface area contributed by atoms with Crippen LogP contribution in [0.15, 0.2) is 267 Å². The molecule has 0 heteroatoms. The van der Waals surface area contributed by atoms with Crippen molar-refractivity contribution in [1.82, 2.24) is 0 Å². The van der Waals surface area contributed by atoms with Gasteiger partial charge in [0.05, 0.1) is 0 Å². The SMILES string of the molecule is C1=CC2C=CC1C2.C1=CCC/C=C/CC/C=C/CC/C=C\CC1.C1=CCC/C=C/CC/C=C/CC1.C1=CCC/C=C\CC1.C1=CCCC/C=C/CCC/C=C/CCC1.C1=CCCCCC/C=C/CCC1.C1=CCCCCC/C=C/CCCCC1.C1=CCCCCCC/C=C/CC1.C1=CCCCCCC/C=C/CCCCCC1. The molecule has 2 bridgehead atoms. The second kappa shape index (κ2) is 94.1. The summed E-state index contributed by atoms with van der Waals surface area (Å²) >= 11 is 0. The van der Waals surface area contributed by atoms with Gasteiger partial charge in [-0.1, -0.05) is 325 Å². The fourth-order valence-electron chi connectivity index (χ4n) is 14.1. The molecule has 10 aliphatic rings. The van der Waals surface area contributed by atoms with Crippen molar-refractivity contribution < 1.29 is 0 Å². The maximum absolute atomic E-state index is 2.39. The smallest absolute Gasteiger partial charge is 0.00445 e. The van der Waals surface area contributed by atoms with E-state index in [0.717, 1.165) is 11.8 Å². The summed E-state index contributed by atoms with van der Waals surface area (Å²) in [5.41, 5.74) is 0. The van der Waals surface area contributed by atoms with E-state index in [-0.39, 0.29) is 0 Å². The topological polar surface area (TPSA) is 0 Å². The summed E-state index contributed by atoms with van der Waals surface area (Å²) in [6.45, 7) is 0. The Labute approximate surface area is 698 Å². The highest BCUT2D eigenvalue weighted by atomic mass is 14.2. The maximum atomic E-state index is 2.39. The molecule has 0 fully saturated rings. The van der Waals surface area contributed by atoms with Crippen LogP contribution in [0.5, 0.6) is 0 Å². The molecule has 0 unspecified atom stereocenters. The molecule has 0 aromatic rings. The molecule has 10 aliphatic carbocycles. The van der Waals surface area contributed by atoms with Crippen molar-refractivity contribution in [2.24, 2.45) is 11.8 Å². The van der Waals surface area contributed by atoms with Crippen molar-refractivity contribution in [3.8, 4) is 0 Å². The lowest BCUT2D eigenvalue weighted by Crippen LogP contribution is -1.80. The number of hydrogen-bond donors (Lipinski definition) is 0. The van der Waals surface area contributed by atoms with Crippen LogP contribution in [0.1, 0.15) is 424 Å². The monoisotopic (exact) mass is 1520 g/mol. The van der Waals surface area contributed by atoms with E-state index >= 15 is 0 Å². The van der Waals surface area contributed by atoms with Crippen molar-refractivity contribution in [1.29, 1.82) is 0 Å². The summed E-state index contributed by atoms with van der Waals surface area (Å²) in [6, 6.07) is 0. The molecule has 0 amide bonds. The van der Waals surface area contributed by atoms with Crippen LogP contribution in [0, 0.1) is 11.8 Å². The van der Waals surface area contributed by atoms with Crippen LogP contribution in [-0.2, 0) is 0 Å². The van der Waals surface area contributed by atoms with Crippen molar-refractivity contribution in [2.45, 2.75) is 424 Å². The summed E-state index contributed by atoms with van der Waals surface area (Å²) in [4.78, 5) is 0. The van der Waals surface area contributed by atoms with Gasteiger partial charge in [-0.25, -0.2) is 0 Å². The Morgan fingerprint density at radius 1 is 0.0804 bits per heavy atom. The molecule has 0 N–H and O–H groups in total. The minimum atomic E-state index is 0.810. The van der Waals surface area contributed by atoms with Gasteiger partial charge in [-0.2, -0.15) is 0 Å². The molecule has 626 valence electrons. The fraction of sp³-hybridized carbons (Fsp3) is 0.607. The van der Waals surface area contributed by atoms with Gasteiger partial charge in [-0.05, 0) is 378 Å². The first-order valence-corrected chi connectivity index (χ1v) is 48.3. The molecular formula is C112H178. The molecule has 0 radical (unpaired) electrons. The van der Waals surface area contributed by atoms with E-state index in [0.29, 0.717) is 0 Å². The molecule has 112 heavy (non-hydrogen) atoms. The van der Waals surface area contributed by atoms with Gasteiger partial charge in [0, 0.05) is 0 Å². The highest BCUT2D eigenvalue weighted by Crippen LogP contribution is 2.32. The highest BCUT2D eigenvalue weighted by Gasteiger charge is 2.19. The maximum Gasteiger partial charge on any atom is -0.00445 e. The minimum Gasteiger partial charge on any atom is -0.0885 e. The van der Waals surface area contributed by atoms with Crippen molar-refractivity contribution in [3.05, 3.63) is 267 Å². The lowest BCUT2D eigenvalue weighted by molar-refractivity contribution is 0.638. The first kappa shape index (κ1) is 102. The van der Waals surface area contributed by atoms with E-state index in [1.54, 1.807) is 0 Å². The zero-order valence-corrected chi connectivity index (χ0v) is 73.2. The third-order valence-electron chi connectivity index (χ3n) is 21.3. The second-order valence-electron chi connectivity index (χ2n) is 32.1. The molecule has 0 atom stereocenters. The van der Waals surface area contributed by atoms with E-state index in [9.17, 15) is 0 Å². The Balaban J connectivity index is 0.000000431. The van der Waals surface area contributed by atoms with Crippen LogP contribution in [0.2, 0.25) is 0 Å². The number of allylic oxidation sites excluding steroid dienone is 44. The third kappa shape index (κ3) is 86.7. The van der Waals surface area contributed by atoms with Crippen LogP contribution in [0.3, 0.4) is 0 Å². The zero-order valence-electron chi connectivity index (χ0n) is 73.2. The van der Waals surface area contributed by atoms with Crippen LogP contribution in [0.4, 0.5) is 0 Å². The van der Waals surface area contributed by atoms with E-state index in [1.807, 2.05) is 0 Å². The molecule has 10 rings (SSSR count). The van der Waals surface area contributed by atoms with Crippen LogP contribution in [0.25, 0.3) is 0 Å². The first-order chi connectivity index (χ1) is 55.9. The summed E-state index contributed by atoms with van der Waals surface area (Å²) < 4.78 is 0. The normalized spacial score (nSPS) is 25.8.